The number of benzene rings is 1. The van der Waals surface area contributed by atoms with Crippen molar-refractivity contribution in [2.75, 3.05) is 13.1 Å². The van der Waals surface area contributed by atoms with Gasteiger partial charge in [-0.05, 0) is 69.2 Å². The zero-order chi connectivity index (χ0) is 22.8. The van der Waals surface area contributed by atoms with Crippen LogP contribution in [0.5, 0.6) is 0 Å². The molecule has 2 aromatic rings. The quantitative estimate of drug-likeness (QED) is 0.326. The topological polar surface area (TPSA) is 114 Å². The molecule has 7 heteroatoms. The molecule has 1 aromatic heterocycles. The number of amides is 1. The Morgan fingerprint density at radius 1 is 1.12 bits per heavy atom. The summed E-state index contributed by atoms with van der Waals surface area (Å²) in [6.07, 6.45) is 8.50. The van der Waals surface area contributed by atoms with Crippen LogP contribution in [0.2, 0.25) is 0 Å². The number of para-hydroxylation sites is 1. The molecular formula is C25H37N3O4. The van der Waals surface area contributed by atoms with E-state index in [-0.39, 0.29) is 18.7 Å². The summed E-state index contributed by atoms with van der Waals surface area (Å²) in [5.74, 6) is -0.361. The molecule has 3 rings (SSSR count). The molecule has 0 unspecified atom stereocenters. The number of aliphatic hydroxyl groups excluding tert-OH is 1. The third-order valence-electron chi connectivity index (χ3n) is 6.54. The summed E-state index contributed by atoms with van der Waals surface area (Å²) >= 11 is 0. The van der Waals surface area contributed by atoms with Crippen LogP contribution in [-0.2, 0) is 16.0 Å². The third kappa shape index (κ3) is 7.95. The van der Waals surface area contributed by atoms with Crippen LogP contribution in [0, 0.1) is 5.92 Å². The predicted octanol–water partition coefficient (Wildman–Crippen LogP) is 3.37. The second-order valence-corrected chi connectivity index (χ2v) is 9.08. The van der Waals surface area contributed by atoms with Gasteiger partial charge in [-0.25, -0.2) is 0 Å². The van der Waals surface area contributed by atoms with E-state index in [9.17, 15) is 19.8 Å². The molecule has 0 aliphatic carbocycles. The number of rotatable bonds is 13. The molecule has 7 nitrogen and oxygen atoms in total. The largest absolute Gasteiger partial charge is 0.481 e. The van der Waals surface area contributed by atoms with E-state index in [0.717, 1.165) is 54.7 Å². The number of carboxylic acid groups (broad SMARTS) is 1. The number of carbonyl (C=O) groups is 2. The fourth-order valence-corrected chi connectivity index (χ4v) is 4.66. The van der Waals surface area contributed by atoms with Crippen LogP contribution in [-0.4, -0.2) is 52.3 Å². The molecule has 1 saturated heterocycles. The molecule has 0 saturated carbocycles. The van der Waals surface area contributed by atoms with Gasteiger partial charge in [0.2, 0.25) is 5.91 Å². The highest BCUT2D eigenvalue weighted by atomic mass is 16.4. The van der Waals surface area contributed by atoms with Gasteiger partial charge in [0.05, 0.1) is 12.5 Å². The molecule has 32 heavy (non-hydrogen) atoms. The molecule has 2 atom stereocenters. The van der Waals surface area contributed by atoms with Gasteiger partial charge in [-0.2, -0.15) is 0 Å². The average Bonchev–Trinajstić information content (AvgIpc) is 3.19. The Balaban J connectivity index is 1.39. The Kier molecular flexibility index (Phi) is 9.56. The van der Waals surface area contributed by atoms with Crippen LogP contribution in [0.4, 0.5) is 0 Å². The standard InChI is InChI=1S/C25H37N3O4/c29-21(5-3-4-18-12-14-26-15-13-18)10-11-24(30)28-20(16-25(31)32)9-8-19-17-27-23-7-2-1-6-22(19)23/h1-2,6-7,17-18,20-21,26-27,29H,3-5,8-16H2,(H,28,30)(H,31,32)/t20-,21-/m1/s1. The number of aromatic nitrogens is 1. The van der Waals surface area contributed by atoms with Crippen molar-refractivity contribution < 1.29 is 19.8 Å². The van der Waals surface area contributed by atoms with Crippen LogP contribution in [0.25, 0.3) is 10.9 Å². The smallest absolute Gasteiger partial charge is 0.305 e. The second-order valence-electron chi connectivity index (χ2n) is 9.08. The summed E-state index contributed by atoms with van der Waals surface area (Å²) in [5.41, 5.74) is 2.17. The minimum absolute atomic E-state index is 0.104. The normalized spacial score (nSPS) is 16.7. The number of piperidine rings is 1. The molecular weight excluding hydrogens is 406 g/mol. The summed E-state index contributed by atoms with van der Waals surface area (Å²) in [5, 5.41) is 26.9. The van der Waals surface area contributed by atoms with E-state index >= 15 is 0 Å². The summed E-state index contributed by atoms with van der Waals surface area (Å²) in [6.45, 7) is 2.18. The molecule has 0 spiro atoms. The fourth-order valence-electron chi connectivity index (χ4n) is 4.66. The number of H-pyrrole nitrogens is 1. The first-order valence-corrected chi connectivity index (χ1v) is 12.0. The highest BCUT2D eigenvalue weighted by Crippen LogP contribution is 2.21. The monoisotopic (exact) mass is 443 g/mol. The van der Waals surface area contributed by atoms with Crippen molar-refractivity contribution in [3.8, 4) is 0 Å². The molecule has 5 N–H and O–H groups in total. The molecule has 0 bridgehead atoms. The van der Waals surface area contributed by atoms with Gasteiger partial charge in [0.25, 0.3) is 0 Å². The van der Waals surface area contributed by atoms with E-state index in [1.165, 1.54) is 12.8 Å². The van der Waals surface area contributed by atoms with Gasteiger partial charge >= 0.3 is 5.97 Å². The van der Waals surface area contributed by atoms with E-state index in [0.29, 0.717) is 19.3 Å². The Hall–Kier alpha value is -2.38. The summed E-state index contributed by atoms with van der Waals surface area (Å²) in [6, 6.07) is 7.57. The number of aliphatic carboxylic acids is 1. The van der Waals surface area contributed by atoms with Crippen LogP contribution < -0.4 is 10.6 Å². The van der Waals surface area contributed by atoms with Crippen molar-refractivity contribution in [1.82, 2.24) is 15.6 Å². The minimum Gasteiger partial charge on any atom is -0.481 e. The minimum atomic E-state index is -0.924. The van der Waals surface area contributed by atoms with Crippen molar-refractivity contribution in [3.05, 3.63) is 36.0 Å². The molecule has 2 heterocycles. The van der Waals surface area contributed by atoms with Gasteiger partial charge in [0.1, 0.15) is 0 Å². The maximum atomic E-state index is 12.4. The van der Waals surface area contributed by atoms with Crippen LogP contribution >= 0.6 is 0 Å². The van der Waals surface area contributed by atoms with E-state index in [1.807, 2.05) is 30.5 Å². The number of aromatic amines is 1. The lowest BCUT2D eigenvalue weighted by Crippen LogP contribution is -2.37. The van der Waals surface area contributed by atoms with E-state index < -0.39 is 18.1 Å². The number of aryl methyl sites for hydroxylation is 1. The number of fused-ring (bicyclic) bond motifs is 1. The van der Waals surface area contributed by atoms with Crippen molar-refractivity contribution in [1.29, 1.82) is 0 Å². The van der Waals surface area contributed by atoms with Crippen molar-refractivity contribution in [2.45, 2.75) is 76.4 Å². The zero-order valence-electron chi connectivity index (χ0n) is 18.8. The molecule has 1 aliphatic heterocycles. The first-order chi connectivity index (χ1) is 15.5. The number of carbonyl (C=O) groups excluding carboxylic acids is 1. The van der Waals surface area contributed by atoms with Gasteiger partial charge in [-0.3, -0.25) is 9.59 Å². The maximum absolute atomic E-state index is 12.4. The van der Waals surface area contributed by atoms with Crippen LogP contribution in [0.15, 0.2) is 30.5 Å². The number of hydrogen-bond donors (Lipinski definition) is 5. The van der Waals surface area contributed by atoms with E-state index in [4.69, 9.17) is 0 Å². The SMILES string of the molecule is O=C(O)C[C@@H](CCc1c[nH]c2ccccc12)NC(=O)CC[C@H](O)CCCC1CCNCC1. The summed E-state index contributed by atoms with van der Waals surface area (Å²) in [7, 11) is 0. The number of aliphatic hydroxyl groups is 1. The summed E-state index contributed by atoms with van der Waals surface area (Å²) in [4.78, 5) is 26.9. The molecule has 176 valence electrons. The van der Waals surface area contributed by atoms with Crippen LogP contribution in [0.3, 0.4) is 0 Å². The fraction of sp³-hybridized carbons (Fsp3) is 0.600. The third-order valence-corrected chi connectivity index (χ3v) is 6.54. The second kappa shape index (κ2) is 12.6. The van der Waals surface area contributed by atoms with Crippen molar-refractivity contribution in [2.24, 2.45) is 5.92 Å². The molecule has 1 aromatic carbocycles. The number of carboxylic acids is 1. The molecule has 1 fully saturated rings. The highest BCUT2D eigenvalue weighted by Gasteiger charge is 2.18. The Morgan fingerprint density at radius 3 is 2.69 bits per heavy atom. The predicted molar refractivity (Wildman–Crippen MR) is 125 cm³/mol. The number of nitrogens with one attached hydrogen (secondary N) is 3. The first-order valence-electron chi connectivity index (χ1n) is 12.0. The van der Waals surface area contributed by atoms with Gasteiger partial charge in [-0.1, -0.05) is 31.0 Å². The lowest BCUT2D eigenvalue weighted by atomic mass is 9.91. The van der Waals surface area contributed by atoms with E-state index in [2.05, 4.69) is 15.6 Å². The molecule has 1 amide bonds. The van der Waals surface area contributed by atoms with Crippen LogP contribution in [0.1, 0.15) is 63.4 Å². The molecule has 1 aliphatic rings. The summed E-state index contributed by atoms with van der Waals surface area (Å²) < 4.78 is 0. The highest BCUT2D eigenvalue weighted by molar-refractivity contribution is 5.83. The lowest BCUT2D eigenvalue weighted by molar-refractivity contribution is -0.137. The van der Waals surface area contributed by atoms with E-state index in [1.54, 1.807) is 0 Å². The maximum Gasteiger partial charge on any atom is 0.305 e. The number of hydrogen-bond acceptors (Lipinski definition) is 4. The van der Waals surface area contributed by atoms with Gasteiger partial charge in [0.15, 0.2) is 0 Å². The Bertz CT molecular complexity index is 860. The van der Waals surface area contributed by atoms with Crippen molar-refractivity contribution >= 4 is 22.8 Å². The first kappa shape index (κ1) is 24.3. The van der Waals surface area contributed by atoms with Gasteiger partial charge < -0.3 is 25.8 Å². The molecule has 0 radical (unpaired) electrons. The average molecular weight is 444 g/mol. The Morgan fingerprint density at radius 2 is 1.91 bits per heavy atom. The Labute approximate surface area is 190 Å². The van der Waals surface area contributed by atoms with Gasteiger partial charge in [-0.15, -0.1) is 0 Å². The lowest BCUT2D eigenvalue weighted by Gasteiger charge is -2.22. The van der Waals surface area contributed by atoms with Crippen molar-refractivity contribution in [3.63, 3.8) is 0 Å². The zero-order valence-corrected chi connectivity index (χ0v) is 18.8. The van der Waals surface area contributed by atoms with Gasteiger partial charge in [0, 0.05) is 29.6 Å².